The molecule has 2 aromatic carbocycles. The van der Waals surface area contributed by atoms with E-state index in [-0.39, 0.29) is 17.2 Å². The molecule has 4 rings (SSSR count). The van der Waals surface area contributed by atoms with Crippen LogP contribution in [0.3, 0.4) is 0 Å². The van der Waals surface area contributed by atoms with Crippen molar-refractivity contribution >= 4 is 45.9 Å². The van der Waals surface area contributed by atoms with E-state index in [2.05, 4.69) is 17.2 Å². The number of rotatable bonds is 5. The molecule has 1 atom stereocenters. The van der Waals surface area contributed by atoms with Crippen molar-refractivity contribution in [2.45, 2.75) is 42.1 Å². The topological polar surface area (TPSA) is 64.0 Å². The van der Waals surface area contributed by atoms with Crippen molar-refractivity contribution in [3.05, 3.63) is 58.5 Å². The Kier molecular flexibility index (Phi) is 5.46. The molecule has 3 aromatic rings. The molecule has 2 heterocycles. The zero-order valence-electron chi connectivity index (χ0n) is 15.8. The number of anilines is 1. The lowest BCUT2D eigenvalue weighted by Gasteiger charge is -2.12. The maximum absolute atomic E-state index is 12.7. The number of fused-ring (bicyclic) bond motifs is 2. The fraction of sp³-hybridized carbons (Fsp3) is 0.286. The van der Waals surface area contributed by atoms with E-state index >= 15 is 0 Å². The Morgan fingerprint density at radius 2 is 2.07 bits per heavy atom. The molecule has 1 amide bonds. The van der Waals surface area contributed by atoms with Crippen LogP contribution in [0.5, 0.6) is 0 Å². The summed E-state index contributed by atoms with van der Waals surface area (Å²) in [6.07, 6.45) is 0.801. The van der Waals surface area contributed by atoms with Crippen molar-refractivity contribution < 1.29 is 4.79 Å². The number of nitrogens with one attached hydrogen (secondary N) is 1. The lowest BCUT2D eigenvalue weighted by Crippen LogP contribution is -2.25. The van der Waals surface area contributed by atoms with E-state index in [0.29, 0.717) is 17.0 Å². The molecule has 1 aliphatic heterocycles. The molecule has 1 N–H and O–H groups in total. The highest BCUT2D eigenvalue weighted by molar-refractivity contribution is 8.00. The van der Waals surface area contributed by atoms with Crippen LogP contribution in [0.15, 0.2) is 57.3 Å². The SMILES string of the molecule is CCn1c(SCC(=O)Nc2cccc3ccccc23)nc2c(c1=O)S[C@H](C)C2. The van der Waals surface area contributed by atoms with E-state index in [9.17, 15) is 9.59 Å². The molecular formula is C21H21N3O2S2. The maximum atomic E-state index is 12.7. The van der Waals surface area contributed by atoms with Gasteiger partial charge in [-0.05, 0) is 18.4 Å². The second-order valence-electron chi connectivity index (χ2n) is 6.72. The number of amides is 1. The van der Waals surface area contributed by atoms with Crippen LogP contribution in [-0.4, -0.2) is 26.5 Å². The smallest absolute Gasteiger partial charge is 0.268 e. The molecule has 28 heavy (non-hydrogen) atoms. The normalized spacial score (nSPS) is 15.6. The molecule has 0 radical (unpaired) electrons. The molecule has 0 saturated heterocycles. The van der Waals surface area contributed by atoms with Crippen molar-refractivity contribution in [1.82, 2.24) is 9.55 Å². The molecule has 7 heteroatoms. The Balaban J connectivity index is 1.52. The lowest BCUT2D eigenvalue weighted by molar-refractivity contribution is -0.113. The van der Waals surface area contributed by atoms with Gasteiger partial charge in [-0.3, -0.25) is 14.2 Å². The number of carbonyl (C=O) groups excluding carboxylic acids is 1. The summed E-state index contributed by atoms with van der Waals surface area (Å²) in [6, 6.07) is 13.8. The Labute approximate surface area is 171 Å². The molecular weight excluding hydrogens is 390 g/mol. The first kappa shape index (κ1) is 19.1. The minimum Gasteiger partial charge on any atom is -0.325 e. The summed E-state index contributed by atoms with van der Waals surface area (Å²) in [5.74, 6) is 0.0958. The number of benzene rings is 2. The van der Waals surface area contributed by atoms with Gasteiger partial charge in [-0.15, -0.1) is 11.8 Å². The fourth-order valence-corrected chi connectivity index (χ4v) is 5.37. The minimum absolute atomic E-state index is 0.0128. The van der Waals surface area contributed by atoms with Gasteiger partial charge in [-0.2, -0.15) is 0 Å². The molecule has 0 unspecified atom stereocenters. The number of hydrogen-bond acceptors (Lipinski definition) is 5. The van der Waals surface area contributed by atoms with Gasteiger partial charge in [0.25, 0.3) is 5.56 Å². The lowest BCUT2D eigenvalue weighted by atomic mass is 10.1. The van der Waals surface area contributed by atoms with Crippen LogP contribution in [0.2, 0.25) is 0 Å². The van der Waals surface area contributed by atoms with Crippen molar-refractivity contribution in [2.75, 3.05) is 11.1 Å². The largest absolute Gasteiger partial charge is 0.325 e. The molecule has 144 valence electrons. The highest BCUT2D eigenvalue weighted by Gasteiger charge is 2.26. The van der Waals surface area contributed by atoms with Gasteiger partial charge >= 0.3 is 0 Å². The zero-order valence-corrected chi connectivity index (χ0v) is 17.4. The average molecular weight is 412 g/mol. The number of thioether (sulfide) groups is 2. The summed E-state index contributed by atoms with van der Waals surface area (Å²) in [4.78, 5) is 30.7. The van der Waals surface area contributed by atoms with Gasteiger partial charge < -0.3 is 5.32 Å². The van der Waals surface area contributed by atoms with Crippen molar-refractivity contribution in [1.29, 1.82) is 0 Å². The first-order chi connectivity index (χ1) is 13.6. The summed E-state index contributed by atoms with van der Waals surface area (Å²) in [7, 11) is 0. The van der Waals surface area contributed by atoms with Crippen LogP contribution < -0.4 is 10.9 Å². The maximum Gasteiger partial charge on any atom is 0.268 e. The number of hydrogen-bond donors (Lipinski definition) is 1. The summed E-state index contributed by atoms with van der Waals surface area (Å²) in [5, 5.41) is 6.07. The number of nitrogens with zero attached hydrogens (tertiary/aromatic N) is 2. The summed E-state index contributed by atoms with van der Waals surface area (Å²) in [6.45, 7) is 4.58. The molecule has 0 bridgehead atoms. The van der Waals surface area contributed by atoms with E-state index in [1.807, 2.05) is 49.4 Å². The van der Waals surface area contributed by atoms with Crippen LogP contribution in [-0.2, 0) is 17.8 Å². The van der Waals surface area contributed by atoms with E-state index in [1.165, 1.54) is 11.8 Å². The van der Waals surface area contributed by atoms with Crippen LogP contribution >= 0.6 is 23.5 Å². The number of aromatic nitrogens is 2. The Hall–Kier alpha value is -2.25. The second-order valence-corrected chi connectivity index (χ2v) is 9.11. The molecule has 5 nitrogen and oxygen atoms in total. The van der Waals surface area contributed by atoms with Crippen LogP contribution in [0.4, 0.5) is 5.69 Å². The van der Waals surface area contributed by atoms with Gasteiger partial charge in [0.15, 0.2) is 5.16 Å². The molecule has 1 aliphatic rings. The second kappa shape index (κ2) is 8.01. The molecule has 0 aliphatic carbocycles. The number of carbonyl (C=O) groups is 1. The van der Waals surface area contributed by atoms with E-state index in [4.69, 9.17) is 0 Å². The monoisotopic (exact) mass is 411 g/mol. The van der Waals surface area contributed by atoms with Gasteiger partial charge in [0.1, 0.15) is 0 Å². The molecule has 0 fully saturated rings. The predicted molar refractivity (Wildman–Crippen MR) is 116 cm³/mol. The zero-order chi connectivity index (χ0) is 19.7. The Bertz CT molecular complexity index is 1110. The average Bonchev–Trinajstić information content (AvgIpc) is 3.07. The minimum atomic E-state index is -0.110. The predicted octanol–water partition coefficient (Wildman–Crippen LogP) is 4.18. The third-order valence-electron chi connectivity index (χ3n) is 4.68. The van der Waals surface area contributed by atoms with E-state index < -0.39 is 0 Å². The summed E-state index contributed by atoms with van der Waals surface area (Å²) >= 11 is 2.92. The third kappa shape index (κ3) is 3.69. The van der Waals surface area contributed by atoms with Crippen LogP contribution in [0.1, 0.15) is 19.5 Å². The van der Waals surface area contributed by atoms with Crippen molar-refractivity contribution in [2.24, 2.45) is 0 Å². The van der Waals surface area contributed by atoms with Gasteiger partial charge in [0.05, 0.1) is 16.3 Å². The Morgan fingerprint density at radius 1 is 1.29 bits per heavy atom. The molecule has 0 spiro atoms. The van der Waals surface area contributed by atoms with E-state index in [1.54, 1.807) is 16.3 Å². The first-order valence-electron chi connectivity index (χ1n) is 9.27. The molecule has 0 saturated carbocycles. The fourth-order valence-electron chi connectivity index (χ4n) is 3.37. The van der Waals surface area contributed by atoms with Crippen LogP contribution in [0, 0.1) is 0 Å². The first-order valence-corrected chi connectivity index (χ1v) is 11.1. The van der Waals surface area contributed by atoms with Crippen LogP contribution in [0.25, 0.3) is 10.8 Å². The summed E-state index contributed by atoms with van der Waals surface area (Å²) in [5.41, 5.74) is 1.67. The van der Waals surface area contributed by atoms with Crippen molar-refractivity contribution in [3.8, 4) is 0 Å². The van der Waals surface area contributed by atoms with Gasteiger partial charge in [0.2, 0.25) is 5.91 Å². The van der Waals surface area contributed by atoms with Crippen molar-refractivity contribution in [3.63, 3.8) is 0 Å². The van der Waals surface area contributed by atoms with E-state index in [0.717, 1.165) is 33.5 Å². The third-order valence-corrected chi connectivity index (χ3v) is 6.87. The van der Waals surface area contributed by atoms with Gasteiger partial charge in [0, 0.05) is 29.3 Å². The van der Waals surface area contributed by atoms with Gasteiger partial charge in [-0.25, -0.2) is 4.98 Å². The standard InChI is InChI=1S/C21H21N3O2S2/c1-3-24-20(26)19-17(11-13(2)28-19)23-21(24)27-12-18(25)22-16-10-6-8-14-7-4-5-9-15(14)16/h4-10,13H,3,11-12H2,1-2H3,(H,22,25)/t13-/m1/s1. The highest BCUT2D eigenvalue weighted by atomic mass is 32.2. The summed E-state index contributed by atoms with van der Waals surface area (Å²) < 4.78 is 1.67. The molecule has 1 aromatic heterocycles. The Morgan fingerprint density at radius 3 is 2.89 bits per heavy atom. The van der Waals surface area contributed by atoms with Gasteiger partial charge in [-0.1, -0.05) is 55.1 Å². The highest BCUT2D eigenvalue weighted by Crippen LogP contribution is 2.34. The quantitative estimate of drug-likeness (QED) is 0.504.